The van der Waals surface area contributed by atoms with Crippen LogP contribution in [0.1, 0.15) is 42.1 Å². The standard InChI is InChI=1S/C19H19FN4O/c1-3-13(2)14-7-9-15(10-8-14)18(25)12-24-22-19(21-23-24)16-5-4-6-17(20)11-16/h4-11,13H,3,12H2,1-2H3/t13-/m0/s1. The molecule has 1 aromatic heterocycles. The average Bonchev–Trinajstić information content (AvgIpc) is 3.09. The van der Waals surface area contributed by atoms with Gasteiger partial charge in [-0.15, -0.1) is 10.2 Å². The Morgan fingerprint density at radius 1 is 1.20 bits per heavy atom. The van der Waals surface area contributed by atoms with E-state index < -0.39 is 0 Å². The lowest BCUT2D eigenvalue weighted by Gasteiger charge is -2.09. The van der Waals surface area contributed by atoms with Gasteiger partial charge in [-0.25, -0.2) is 4.39 Å². The van der Waals surface area contributed by atoms with Crippen LogP contribution in [-0.2, 0) is 6.54 Å². The number of ketones is 1. The van der Waals surface area contributed by atoms with E-state index in [0.29, 0.717) is 22.9 Å². The van der Waals surface area contributed by atoms with Gasteiger partial charge in [0.05, 0.1) is 0 Å². The van der Waals surface area contributed by atoms with Crippen LogP contribution in [-0.4, -0.2) is 26.0 Å². The van der Waals surface area contributed by atoms with E-state index in [9.17, 15) is 9.18 Å². The summed E-state index contributed by atoms with van der Waals surface area (Å²) in [6, 6.07) is 13.6. The topological polar surface area (TPSA) is 60.7 Å². The summed E-state index contributed by atoms with van der Waals surface area (Å²) < 4.78 is 13.3. The Hall–Kier alpha value is -2.89. The summed E-state index contributed by atoms with van der Waals surface area (Å²) in [4.78, 5) is 13.6. The maximum absolute atomic E-state index is 13.3. The summed E-state index contributed by atoms with van der Waals surface area (Å²) in [5.74, 6) is 0.291. The van der Waals surface area contributed by atoms with Gasteiger partial charge in [0.15, 0.2) is 5.78 Å². The van der Waals surface area contributed by atoms with Crippen LogP contribution in [0.5, 0.6) is 0 Å². The van der Waals surface area contributed by atoms with Crippen LogP contribution in [0.2, 0.25) is 0 Å². The second kappa shape index (κ2) is 7.34. The number of Topliss-reactive ketones (excluding diaryl/α,β-unsaturated/α-hetero) is 1. The molecule has 0 saturated heterocycles. The maximum Gasteiger partial charge on any atom is 0.205 e. The lowest BCUT2D eigenvalue weighted by Crippen LogP contribution is -2.13. The first kappa shape index (κ1) is 17.0. The summed E-state index contributed by atoms with van der Waals surface area (Å²) in [6.07, 6.45) is 1.05. The Bertz CT molecular complexity index is 873. The first-order valence-corrected chi connectivity index (χ1v) is 8.23. The lowest BCUT2D eigenvalue weighted by atomic mass is 9.97. The van der Waals surface area contributed by atoms with Gasteiger partial charge < -0.3 is 0 Å². The maximum atomic E-state index is 13.3. The van der Waals surface area contributed by atoms with Gasteiger partial charge in [0, 0.05) is 11.1 Å². The number of rotatable bonds is 6. The predicted octanol–water partition coefficient (Wildman–Crippen LogP) is 3.88. The van der Waals surface area contributed by atoms with Gasteiger partial charge in [-0.2, -0.15) is 4.80 Å². The van der Waals surface area contributed by atoms with Crippen molar-refractivity contribution < 1.29 is 9.18 Å². The molecule has 0 radical (unpaired) electrons. The minimum atomic E-state index is -0.369. The SMILES string of the molecule is CC[C@H](C)c1ccc(C(=O)Cn2nnc(-c3cccc(F)c3)n2)cc1. The number of nitrogens with zero attached hydrogens (tertiary/aromatic N) is 4. The minimum Gasteiger partial charge on any atom is -0.292 e. The van der Waals surface area contributed by atoms with E-state index in [-0.39, 0.29) is 18.1 Å². The van der Waals surface area contributed by atoms with Crippen molar-refractivity contribution in [1.82, 2.24) is 20.2 Å². The Labute approximate surface area is 145 Å². The van der Waals surface area contributed by atoms with Crippen molar-refractivity contribution in [2.24, 2.45) is 0 Å². The normalized spacial score (nSPS) is 12.1. The highest BCUT2D eigenvalue weighted by Gasteiger charge is 2.12. The third-order valence-corrected chi connectivity index (χ3v) is 4.23. The Morgan fingerprint density at radius 3 is 2.64 bits per heavy atom. The lowest BCUT2D eigenvalue weighted by molar-refractivity contribution is 0.0961. The number of hydrogen-bond donors (Lipinski definition) is 0. The second-order valence-electron chi connectivity index (χ2n) is 6.01. The predicted molar refractivity (Wildman–Crippen MR) is 92.7 cm³/mol. The van der Waals surface area contributed by atoms with Gasteiger partial charge in [-0.3, -0.25) is 4.79 Å². The molecule has 0 bridgehead atoms. The van der Waals surface area contributed by atoms with Crippen LogP contribution in [0.15, 0.2) is 48.5 Å². The van der Waals surface area contributed by atoms with Crippen LogP contribution in [0.3, 0.4) is 0 Å². The van der Waals surface area contributed by atoms with Crippen LogP contribution in [0.25, 0.3) is 11.4 Å². The van der Waals surface area contributed by atoms with Crippen LogP contribution < -0.4 is 0 Å². The van der Waals surface area contributed by atoms with Crippen molar-refractivity contribution in [2.75, 3.05) is 0 Å². The van der Waals surface area contributed by atoms with Gasteiger partial charge in [0.25, 0.3) is 0 Å². The molecule has 128 valence electrons. The van der Waals surface area contributed by atoms with Crippen LogP contribution >= 0.6 is 0 Å². The van der Waals surface area contributed by atoms with Crippen LogP contribution in [0.4, 0.5) is 4.39 Å². The molecule has 25 heavy (non-hydrogen) atoms. The fourth-order valence-corrected chi connectivity index (χ4v) is 2.51. The van der Waals surface area contributed by atoms with Gasteiger partial charge in [-0.1, -0.05) is 50.2 Å². The smallest absolute Gasteiger partial charge is 0.205 e. The fraction of sp³-hybridized carbons (Fsp3) is 0.263. The van der Waals surface area contributed by atoms with Crippen molar-refractivity contribution in [3.8, 4) is 11.4 Å². The number of hydrogen-bond acceptors (Lipinski definition) is 4. The zero-order chi connectivity index (χ0) is 17.8. The second-order valence-corrected chi connectivity index (χ2v) is 6.01. The molecular formula is C19H19FN4O. The molecule has 0 aliphatic carbocycles. The molecule has 1 heterocycles. The van der Waals surface area contributed by atoms with E-state index in [1.165, 1.54) is 22.5 Å². The zero-order valence-electron chi connectivity index (χ0n) is 14.2. The highest BCUT2D eigenvalue weighted by Crippen LogP contribution is 2.19. The molecule has 6 heteroatoms. The van der Waals surface area contributed by atoms with E-state index in [1.54, 1.807) is 12.1 Å². The van der Waals surface area contributed by atoms with Crippen molar-refractivity contribution in [1.29, 1.82) is 0 Å². The molecule has 0 aliphatic heterocycles. The Balaban J connectivity index is 1.71. The molecule has 5 nitrogen and oxygen atoms in total. The molecule has 0 fully saturated rings. The Kier molecular flexibility index (Phi) is 4.97. The zero-order valence-corrected chi connectivity index (χ0v) is 14.2. The fourth-order valence-electron chi connectivity index (χ4n) is 2.51. The van der Waals surface area contributed by atoms with Gasteiger partial charge in [0.2, 0.25) is 5.82 Å². The number of carbonyl (C=O) groups is 1. The summed E-state index contributed by atoms with van der Waals surface area (Å²) in [5, 5.41) is 11.9. The number of carbonyl (C=O) groups excluding carboxylic acids is 1. The highest BCUT2D eigenvalue weighted by atomic mass is 19.1. The number of aromatic nitrogens is 4. The molecule has 0 spiro atoms. The van der Waals surface area contributed by atoms with Gasteiger partial charge in [-0.05, 0) is 35.2 Å². The van der Waals surface area contributed by atoms with E-state index in [1.807, 2.05) is 24.3 Å². The van der Waals surface area contributed by atoms with Crippen molar-refractivity contribution >= 4 is 5.78 Å². The summed E-state index contributed by atoms with van der Waals surface area (Å²) in [6.45, 7) is 4.28. The van der Waals surface area contributed by atoms with E-state index in [0.717, 1.165) is 6.42 Å². The molecule has 0 N–H and O–H groups in total. The van der Waals surface area contributed by atoms with E-state index >= 15 is 0 Å². The van der Waals surface area contributed by atoms with Crippen LogP contribution in [0, 0.1) is 5.82 Å². The van der Waals surface area contributed by atoms with Crippen molar-refractivity contribution in [2.45, 2.75) is 32.7 Å². The average molecular weight is 338 g/mol. The Morgan fingerprint density at radius 2 is 1.96 bits per heavy atom. The van der Waals surface area contributed by atoms with E-state index in [4.69, 9.17) is 0 Å². The summed E-state index contributed by atoms with van der Waals surface area (Å²) >= 11 is 0. The number of halogens is 1. The quantitative estimate of drug-likeness (QED) is 0.640. The van der Waals surface area contributed by atoms with Gasteiger partial charge in [0.1, 0.15) is 12.4 Å². The molecule has 0 amide bonds. The highest BCUT2D eigenvalue weighted by molar-refractivity contribution is 5.95. The van der Waals surface area contributed by atoms with Crippen molar-refractivity contribution in [3.63, 3.8) is 0 Å². The first-order chi connectivity index (χ1) is 12.1. The summed E-state index contributed by atoms with van der Waals surface area (Å²) in [7, 11) is 0. The minimum absolute atomic E-state index is 0.00893. The number of benzene rings is 2. The third kappa shape index (κ3) is 3.96. The first-order valence-electron chi connectivity index (χ1n) is 8.23. The molecule has 3 aromatic rings. The molecular weight excluding hydrogens is 319 g/mol. The molecule has 1 atom stereocenters. The molecule has 2 aromatic carbocycles. The van der Waals surface area contributed by atoms with Crippen molar-refractivity contribution in [3.05, 3.63) is 65.5 Å². The molecule has 0 saturated carbocycles. The number of tetrazole rings is 1. The third-order valence-electron chi connectivity index (χ3n) is 4.23. The largest absolute Gasteiger partial charge is 0.292 e. The molecule has 0 aliphatic rings. The molecule has 0 unspecified atom stereocenters. The summed E-state index contributed by atoms with van der Waals surface area (Å²) in [5.41, 5.74) is 2.35. The van der Waals surface area contributed by atoms with Gasteiger partial charge >= 0.3 is 0 Å². The van der Waals surface area contributed by atoms with E-state index in [2.05, 4.69) is 29.3 Å². The monoisotopic (exact) mass is 338 g/mol. The molecule has 3 rings (SSSR count).